The Hall–Kier alpha value is -1.50. The lowest BCUT2D eigenvalue weighted by atomic mass is 10.2. The van der Waals surface area contributed by atoms with Crippen LogP contribution in [-0.4, -0.2) is 15.4 Å². The number of pyridine rings is 1. The first-order valence-corrected chi connectivity index (χ1v) is 4.13. The molecule has 0 bridgehead atoms. The Balaban J connectivity index is 2.75. The lowest BCUT2D eigenvalue weighted by molar-refractivity contribution is -0.902. The summed E-state index contributed by atoms with van der Waals surface area (Å²) >= 11 is 5.49. The van der Waals surface area contributed by atoms with E-state index in [1.807, 2.05) is 5.10 Å². The third kappa shape index (κ3) is 1.58. The maximum Gasteiger partial charge on any atom is 0.433 e. The Labute approximate surface area is 85.9 Å². The Bertz CT molecular complexity index is 522. The molecule has 0 unspecified atom stereocenters. The van der Waals surface area contributed by atoms with Crippen molar-refractivity contribution in [2.45, 2.75) is 6.18 Å². The van der Waals surface area contributed by atoms with Gasteiger partial charge in [-0.2, -0.15) is 18.3 Å². The summed E-state index contributed by atoms with van der Waals surface area (Å²) in [5.74, 6) is 0. The number of hydrogen-bond donors (Lipinski definition) is 2. The second-order valence-electron chi connectivity index (χ2n) is 2.84. The lowest BCUT2D eigenvalue weighted by Crippen LogP contribution is -2.30. The monoisotopic (exact) mass is 238 g/mol. The summed E-state index contributed by atoms with van der Waals surface area (Å²) in [4.78, 5) is 0. The number of nitrogens with zero attached hydrogens (tertiary/aromatic N) is 2. The molecule has 8 heteroatoms. The fourth-order valence-corrected chi connectivity index (χ4v) is 1.34. The quantitative estimate of drug-likeness (QED) is 0.417. The van der Waals surface area contributed by atoms with Gasteiger partial charge in [0.05, 0.1) is 6.07 Å². The largest absolute Gasteiger partial charge is 0.433 e. The van der Waals surface area contributed by atoms with E-state index in [0.717, 1.165) is 12.3 Å². The van der Waals surface area contributed by atoms with E-state index in [-0.39, 0.29) is 16.1 Å². The van der Waals surface area contributed by atoms with Crippen LogP contribution in [0.4, 0.5) is 13.2 Å². The van der Waals surface area contributed by atoms with Crippen molar-refractivity contribution in [2.24, 2.45) is 0 Å². The third-order valence-electron chi connectivity index (χ3n) is 1.84. The van der Waals surface area contributed by atoms with E-state index in [2.05, 4.69) is 5.10 Å². The van der Waals surface area contributed by atoms with Gasteiger partial charge in [-0.05, 0) is 11.6 Å². The second kappa shape index (κ2) is 2.99. The van der Waals surface area contributed by atoms with Crippen LogP contribution in [0.3, 0.4) is 0 Å². The number of halogens is 4. The van der Waals surface area contributed by atoms with Gasteiger partial charge >= 0.3 is 11.3 Å². The Morgan fingerprint density at radius 2 is 2.13 bits per heavy atom. The fourth-order valence-electron chi connectivity index (χ4n) is 1.18. The normalized spacial score (nSPS) is 12.3. The van der Waals surface area contributed by atoms with E-state index in [4.69, 9.17) is 16.8 Å². The van der Waals surface area contributed by atoms with E-state index in [0.29, 0.717) is 4.73 Å². The first-order valence-electron chi connectivity index (χ1n) is 3.75. The first-order chi connectivity index (χ1) is 6.89. The second-order valence-corrected chi connectivity index (χ2v) is 3.22. The van der Waals surface area contributed by atoms with Gasteiger partial charge in [-0.25, -0.2) is 0 Å². The number of alkyl halides is 3. The summed E-state index contributed by atoms with van der Waals surface area (Å²) in [6, 6.07) is 1.13. The molecule has 0 aliphatic heterocycles. The van der Waals surface area contributed by atoms with Gasteiger partial charge in [0.25, 0.3) is 0 Å². The zero-order valence-corrected chi connectivity index (χ0v) is 7.76. The minimum Gasteiger partial charge on any atom is -0.284 e. The molecular formula is C7H4ClF3N3O+. The van der Waals surface area contributed by atoms with Crippen LogP contribution in [0.5, 0.6) is 0 Å². The summed E-state index contributed by atoms with van der Waals surface area (Å²) < 4.78 is 37.6. The van der Waals surface area contributed by atoms with Crippen molar-refractivity contribution in [3.8, 4) is 0 Å². The van der Waals surface area contributed by atoms with Crippen molar-refractivity contribution in [2.75, 3.05) is 0 Å². The molecule has 0 amide bonds. The number of nitrogens with one attached hydrogen (secondary N) is 1. The summed E-state index contributed by atoms with van der Waals surface area (Å²) in [7, 11) is 0. The molecule has 2 rings (SSSR count). The van der Waals surface area contributed by atoms with Crippen molar-refractivity contribution >= 4 is 22.5 Å². The minimum absolute atomic E-state index is 0.0395. The standard InChI is InChI=1S/C7H3ClF3N3O/c8-5-1-4-3(2-14(5)15)6(13-12-4)7(9,10)11/h1-2,15H/p+1. The number of H-pyrrole nitrogens is 1. The molecule has 15 heavy (non-hydrogen) atoms. The van der Waals surface area contributed by atoms with Gasteiger partial charge in [0.2, 0.25) is 6.20 Å². The van der Waals surface area contributed by atoms with E-state index in [1.54, 1.807) is 0 Å². The zero-order chi connectivity index (χ0) is 11.2. The predicted molar refractivity (Wildman–Crippen MR) is 43.5 cm³/mol. The molecular weight excluding hydrogens is 235 g/mol. The highest BCUT2D eigenvalue weighted by molar-refractivity contribution is 6.29. The van der Waals surface area contributed by atoms with Crippen LogP contribution >= 0.6 is 11.6 Å². The molecule has 2 N–H and O–H groups in total. The molecule has 0 aromatic carbocycles. The van der Waals surface area contributed by atoms with Gasteiger partial charge < -0.3 is 0 Å². The molecule has 80 valence electrons. The van der Waals surface area contributed by atoms with E-state index >= 15 is 0 Å². The number of aromatic amines is 1. The average molecular weight is 239 g/mol. The van der Waals surface area contributed by atoms with Gasteiger partial charge in [-0.3, -0.25) is 10.3 Å². The predicted octanol–water partition coefficient (Wildman–Crippen LogP) is 1.76. The molecule has 0 radical (unpaired) electrons. The van der Waals surface area contributed by atoms with Crippen molar-refractivity contribution in [1.29, 1.82) is 0 Å². The first kappa shape index (κ1) is 10.0. The number of rotatable bonds is 0. The number of fused-ring (bicyclic) bond motifs is 1. The molecule has 0 saturated heterocycles. The average Bonchev–Trinajstić information content (AvgIpc) is 2.47. The molecule has 4 nitrogen and oxygen atoms in total. The maximum absolute atomic E-state index is 12.4. The number of aromatic nitrogens is 3. The zero-order valence-electron chi connectivity index (χ0n) is 7.01. The van der Waals surface area contributed by atoms with Crippen LogP contribution in [0.1, 0.15) is 5.69 Å². The molecule has 2 aromatic rings. The van der Waals surface area contributed by atoms with E-state index < -0.39 is 11.9 Å². The molecule has 0 aliphatic rings. The smallest absolute Gasteiger partial charge is 0.284 e. The summed E-state index contributed by atoms with van der Waals surface area (Å²) in [5, 5.41) is 14.0. The van der Waals surface area contributed by atoms with Crippen molar-refractivity contribution in [3.63, 3.8) is 0 Å². The molecule has 2 heterocycles. The molecule has 0 aliphatic carbocycles. The van der Waals surface area contributed by atoms with Gasteiger partial charge in [-0.15, -0.1) is 0 Å². The van der Waals surface area contributed by atoms with Crippen LogP contribution in [0.2, 0.25) is 5.15 Å². The van der Waals surface area contributed by atoms with Gasteiger partial charge in [-0.1, -0.05) is 0 Å². The molecule has 0 saturated carbocycles. The van der Waals surface area contributed by atoms with Crippen LogP contribution < -0.4 is 4.73 Å². The Morgan fingerprint density at radius 3 is 2.73 bits per heavy atom. The topological polar surface area (TPSA) is 52.8 Å². The highest BCUT2D eigenvalue weighted by Crippen LogP contribution is 2.32. The highest BCUT2D eigenvalue weighted by Gasteiger charge is 2.36. The minimum atomic E-state index is -4.55. The van der Waals surface area contributed by atoms with Gasteiger partial charge in [0, 0.05) is 4.73 Å². The highest BCUT2D eigenvalue weighted by atomic mass is 35.5. The fraction of sp³-hybridized carbons (Fsp3) is 0.143. The Morgan fingerprint density at radius 1 is 1.47 bits per heavy atom. The molecule has 2 aromatic heterocycles. The lowest BCUT2D eigenvalue weighted by Gasteiger charge is -2.01. The summed E-state index contributed by atoms with van der Waals surface area (Å²) in [5.41, 5.74) is -0.977. The van der Waals surface area contributed by atoms with Crippen LogP contribution in [0, 0.1) is 0 Å². The molecule has 0 atom stereocenters. The van der Waals surface area contributed by atoms with Crippen LogP contribution in [-0.2, 0) is 6.18 Å². The summed E-state index contributed by atoms with van der Waals surface area (Å²) in [6.45, 7) is 0. The Kier molecular flexibility index (Phi) is 2.00. The van der Waals surface area contributed by atoms with Crippen molar-refractivity contribution < 1.29 is 23.1 Å². The van der Waals surface area contributed by atoms with Crippen molar-refractivity contribution in [3.05, 3.63) is 23.1 Å². The molecule has 0 fully saturated rings. The number of hydrogen-bond acceptors (Lipinski definition) is 2. The van der Waals surface area contributed by atoms with Gasteiger partial charge in [0.1, 0.15) is 10.9 Å². The maximum atomic E-state index is 12.4. The molecule has 0 spiro atoms. The van der Waals surface area contributed by atoms with Crippen molar-refractivity contribution in [1.82, 2.24) is 10.2 Å². The van der Waals surface area contributed by atoms with Gasteiger partial charge in [0.15, 0.2) is 5.69 Å². The SMILES string of the molecule is O[n+]1cc2c(C(F)(F)F)[nH]nc2cc1Cl. The van der Waals surface area contributed by atoms with E-state index in [9.17, 15) is 13.2 Å². The van der Waals surface area contributed by atoms with Crippen LogP contribution in [0.15, 0.2) is 12.3 Å². The summed E-state index contributed by atoms with van der Waals surface area (Å²) in [6.07, 6.45) is -3.69. The van der Waals surface area contributed by atoms with E-state index in [1.165, 1.54) is 0 Å². The van der Waals surface area contributed by atoms with Crippen LogP contribution in [0.25, 0.3) is 10.9 Å². The third-order valence-corrected chi connectivity index (χ3v) is 2.13.